The van der Waals surface area contributed by atoms with Crippen molar-refractivity contribution in [3.8, 4) is 11.5 Å². The molecule has 1 unspecified atom stereocenters. The van der Waals surface area contributed by atoms with Crippen molar-refractivity contribution in [1.82, 2.24) is 9.80 Å². The lowest BCUT2D eigenvalue weighted by molar-refractivity contribution is 0.0353. The predicted octanol–water partition coefficient (Wildman–Crippen LogP) is 5.65. The van der Waals surface area contributed by atoms with Gasteiger partial charge in [0.1, 0.15) is 5.58 Å². The zero-order valence-electron chi connectivity index (χ0n) is 24.8. The van der Waals surface area contributed by atoms with E-state index < -0.39 is 6.04 Å². The maximum absolute atomic E-state index is 14.0. The van der Waals surface area contributed by atoms with Crippen LogP contribution in [-0.2, 0) is 4.74 Å². The molecule has 2 aliphatic heterocycles. The normalized spacial score (nSPS) is 17.3. The molecule has 3 aromatic rings. The molecule has 0 bridgehead atoms. The summed E-state index contributed by atoms with van der Waals surface area (Å²) < 4.78 is 23.4. The van der Waals surface area contributed by atoms with Crippen molar-refractivity contribution in [3.05, 3.63) is 68.6 Å². The number of hydrogen-bond acceptors (Lipinski definition) is 7. The van der Waals surface area contributed by atoms with Crippen LogP contribution < -0.4 is 14.9 Å². The van der Waals surface area contributed by atoms with Gasteiger partial charge in [-0.3, -0.25) is 14.5 Å². The number of morpholine rings is 1. The van der Waals surface area contributed by atoms with E-state index in [1.54, 1.807) is 12.0 Å². The maximum atomic E-state index is 14.0. The summed E-state index contributed by atoms with van der Waals surface area (Å²) in [5.41, 5.74) is 3.51. The van der Waals surface area contributed by atoms with Gasteiger partial charge in [-0.15, -0.1) is 0 Å². The van der Waals surface area contributed by atoms with Gasteiger partial charge in [-0.2, -0.15) is 0 Å². The third kappa shape index (κ3) is 6.14. The molecule has 1 aromatic heterocycles. The van der Waals surface area contributed by atoms with Crippen molar-refractivity contribution in [1.29, 1.82) is 0 Å². The molecule has 0 N–H and O–H groups in total. The first-order valence-electron chi connectivity index (χ1n) is 14.9. The molecule has 2 aliphatic rings. The Labute approximate surface area is 242 Å². The molecule has 2 aromatic carbocycles. The molecule has 3 heterocycles. The number of fused-ring (bicyclic) bond motifs is 2. The number of rotatable bonds is 12. The number of methoxy groups -OCH3 is 1. The largest absolute Gasteiger partial charge is 0.493 e. The Balaban J connectivity index is 1.49. The van der Waals surface area contributed by atoms with Crippen LogP contribution in [0, 0.1) is 13.8 Å². The second-order valence-corrected chi connectivity index (χ2v) is 11.1. The third-order valence-corrected chi connectivity index (χ3v) is 8.32. The standard InChI is InChI=1S/C33H42N2O6/c1-5-6-7-8-16-40-26-11-10-24(21-28(26)38-4)30-29-31(36)25-19-22(2)23(3)20-27(25)41-32(29)33(37)35(30)13-9-12-34-14-17-39-18-15-34/h10-11,19-21,30H,5-9,12-18H2,1-4H3. The average molecular weight is 563 g/mol. The van der Waals surface area contributed by atoms with Gasteiger partial charge in [-0.25, -0.2) is 0 Å². The van der Waals surface area contributed by atoms with Crippen molar-refractivity contribution >= 4 is 16.9 Å². The smallest absolute Gasteiger partial charge is 0.290 e. The molecule has 0 radical (unpaired) electrons. The number of aryl methyl sites for hydroxylation is 2. The maximum Gasteiger partial charge on any atom is 0.290 e. The van der Waals surface area contributed by atoms with Crippen LogP contribution in [0.3, 0.4) is 0 Å². The van der Waals surface area contributed by atoms with E-state index in [1.807, 2.05) is 44.2 Å². The van der Waals surface area contributed by atoms with Crippen molar-refractivity contribution in [3.63, 3.8) is 0 Å². The van der Waals surface area contributed by atoms with Crippen LogP contribution in [-0.4, -0.2) is 68.8 Å². The summed E-state index contributed by atoms with van der Waals surface area (Å²) in [5.74, 6) is 1.13. The summed E-state index contributed by atoms with van der Waals surface area (Å²) in [6.07, 6.45) is 5.24. The summed E-state index contributed by atoms with van der Waals surface area (Å²) in [6.45, 7) is 11.3. The fraction of sp³-hybridized carbons (Fsp3) is 0.515. The molecule has 0 saturated carbocycles. The lowest BCUT2D eigenvalue weighted by atomic mass is 9.97. The molecule has 8 nitrogen and oxygen atoms in total. The van der Waals surface area contributed by atoms with Crippen LogP contribution >= 0.6 is 0 Å². The van der Waals surface area contributed by atoms with Crippen LogP contribution in [0.4, 0.5) is 0 Å². The Morgan fingerprint density at radius 1 is 0.927 bits per heavy atom. The minimum atomic E-state index is -0.572. The molecular weight excluding hydrogens is 520 g/mol. The highest BCUT2D eigenvalue weighted by molar-refractivity contribution is 5.99. The van der Waals surface area contributed by atoms with E-state index in [2.05, 4.69) is 11.8 Å². The van der Waals surface area contributed by atoms with Crippen LogP contribution in [0.15, 0.2) is 39.5 Å². The van der Waals surface area contributed by atoms with E-state index in [4.69, 9.17) is 18.6 Å². The van der Waals surface area contributed by atoms with Gasteiger partial charge in [0, 0.05) is 26.2 Å². The van der Waals surface area contributed by atoms with Gasteiger partial charge in [0.2, 0.25) is 5.76 Å². The number of amides is 1. The third-order valence-electron chi connectivity index (χ3n) is 8.32. The fourth-order valence-corrected chi connectivity index (χ4v) is 5.83. The molecule has 0 aliphatic carbocycles. The highest BCUT2D eigenvalue weighted by atomic mass is 16.5. The van der Waals surface area contributed by atoms with Gasteiger partial charge >= 0.3 is 0 Å². The van der Waals surface area contributed by atoms with E-state index in [0.717, 1.165) is 68.8 Å². The first-order chi connectivity index (χ1) is 19.9. The molecule has 220 valence electrons. The van der Waals surface area contributed by atoms with Gasteiger partial charge in [-0.1, -0.05) is 32.3 Å². The Kier molecular flexibility index (Phi) is 9.30. The summed E-state index contributed by atoms with van der Waals surface area (Å²) in [7, 11) is 1.61. The van der Waals surface area contributed by atoms with Gasteiger partial charge in [-0.05, 0) is 67.6 Å². The SMILES string of the molecule is CCCCCCOc1ccc(C2c3c(oc4cc(C)c(C)cc4c3=O)C(=O)N2CCCN2CCOCC2)cc1OC. The highest BCUT2D eigenvalue weighted by Crippen LogP contribution is 2.41. The Hall–Kier alpha value is -3.36. The molecule has 1 saturated heterocycles. The van der Waals surface area contributed by atoms with Gasteiger partial charge in [0.15, 0.2) is 16.9 Å². The van der Waals surface area contributed by atoms with Crippen LogP contribution in [0.2, 0.25) is 0 Å². The number of nitrogens with zero attached hydrogens (tertiary/aromatic N) is 2. The molecule has 1 atom stereocenters. The highest BCUT2D eigenvalue weighted by Gasteiger charge is 2.42. The molecule has 1 fully saturated rings. The lowest BCUT2D eigenvalue weighted by Gasteiger charge is -2.29. The van der Waals surface area contributed by atoms with E-state index in [9.17, 15) is 9.59 Å². The Morgan fingerprint density at radius 3 is 2.46 bits per heavy atom. The Bertz CT molecular complexity index is 1440. The number of benzene rings is 2. The number of unbranched alkanes of at least 4 members (excludes halogenated alkanes) is 3. The van der Waals surface area contributed by atoms with Gasteiger partial charge in [0.05, 0.1) is 43.9 Å². The summed E-state index contributed by atoms with van der Waals surface area (Å²) >= 11 is 0. The Morgan fingerprint density at radius 2 is 1.71 bits per heavy atom. The minimum Gasteiger partial charge on any atom is -0.493 e. The first-order valence-corrected chi connectivity index (χ1v) is 14.9. The van der Waals surface area contributed by atoms with E-state index in [0.29, 0.717) is 41.2 Å². The summed E-state index contributed by atoms with van der Waals surface area (Å²) in [6, 6.07) is 8.87. The zero-order chi connectivity index (χ0) is 28.9. The molecule has 5 rings (SSSR count). The predicted molar refractivity (Wildman–Crippen MR) is 159 cm³/mol. The topological polar surface area (TPSA) is 81.5 Å². The molecule has 8 heteroatoms. The number of ether oxygens (including phenoxy) is 3. The van der Waals surface area contributed by atoms with Crippen molar-refractivity contribution in [2.24, 2.45) is 0 Å². The molecule has 41 heavy (non-hydrogen) atoms. The lowest BCUT2D eigenvalue weighted by Crippen LogP contribution is -2.38. The first kappa shape index (κ1) is 29.1. The van der Waals surface area contributed by atoms with Crippen LogP contribution in [0.5, 0.6) is 11.5 Å². The molecular formula is C33H42N2O6. The fourth-order valence-electron chi connectivity index (χ4n) is 5.83. The van der Waals surface area contributed by atoms with Crippen LogP contribution in [0.25, 0.3) is 11.0 Å². The number of carbonyl (C=O) groups is 1. The molecule has 0 spiro atoms. The summed E-state index contributed by atoms with van der Waals surface area (Å²) in [4.78, 5) is 32.0. The quantitative estimate of drug-likeness (QED) is 0.264. The van der Waals surface area contributed by atoms with E-state index >= 15 is 0 Å². The zero-order valence-corrected chi connectivity index (χ0v) is 24.8. The van der Waals surface area contributed by atoms with Gasteiger partial charge in [0.25, 0.3) is 5.91 Å². The molecule has 1 amide bonds. The van der Waals surface area contributed by atoms with Crippen molar-refractivity contribution < 1.29 is 23.4 Å². The second kappa shape index (κ2) is 13.1. The van der Waals surface area contributed by atoms with E-state index in [1.165, 1.54) is 12.8 Å². The average Bonchev–Trinajstić information content (AvgIpc) is 3.26. The minimum absolute atomic E-state index is 0.136. The van der Waals surface area contributed by atoms with Crippen molar-refractivity contribution in [2.75, 3.05) is 53.1 Å². The second-order valence-electron chi connectivity index (χ2n) is 11.1. The van der Waals surface area contributed by atoms with Gasteiger partial charge < -0.3 is 23.5 Å². The van der Waals surface area contributed by atoms with Crippen molar-refractivity contribution in [2.45, 2.75) is 58.9 Å². The van der Waals surface area contributed by atoms with E-state index in [-0.39, 0.29) is 17.1 Å². The number of hydrogen-bond donors (Lipinski definition) is 0. The summed E-state index contributed by atoms with van der Waals surface area (Å²) in [5, 5.41) is 0.499. The number of carbonyl (C=O) groups excluding carboxylic acids is 1. The van der Waals surface area contributed by atoms with Crippen LogP contribution in [0.1, 0.15) is 77.9 Å². The monoisotopic (exact) mass is 562 g/mol.